The molecule has 0 aliphatic heterocycles. The summed E-state index contributed by atoms with van der Waals surface area (Å²) >= 11 is 0. The Morgan fingerprint density at radius 3 is 2.53 bits per heavy atom. The number of phenols is 1. The number of aromatic nitrogens is 1. The van der Waals surface area contributed by atoms with Crippen LogP contribution >= 0.6 is 0 Å². The fourth-order valence-electron chi connectivity index (χ4n) is 1.59. The fourth-order valence-corrected chi connectivity index (χ4v) is 1.59. The molecule has 86 valence electrons. The monoisotopic (exact) mass is 230 g/mol. The highest BCUT2D eigenvalue weighted by molar-refractivity contribution is 5.76. The second-order valence-electron chi connectivity index (χ2n) is 3.60. The minimum atomic E-state index is -0.547. The number of pyridine rings is 1. The van der Waals surface area contributed by atoms with Gasteiger partial charge in [-0.1, -0.05) is 18.2 Å². The van der Waals surface area contributed by atoms with Crippen LogP contribution in [0.25, 0.3) is 11.1 Å². The summed E-state index contributed by atoms with van der Waals surface area (Å²) in [6.45, 7) is 1.68. The Morgan fingerprint density at radius 2 is 1.88 bits per heavy atom. The highest BCUT2D eigenvalue weighted by Crippen LogP contribution is 2.34. The van der Waals surface area contributed by atoms with Crippen LogP contribution < -0.4 is 0 Å². The summed E-state index contributed by atoms with van der Waals surface area (Å²) in [4.78, 5) is 14.3. The molecule has 2 aromatic rings. The van der Waals surface area contributed by atoms with Crippen molar-refractivity contribution in [3.05, 3.63) is 52.2 Å². The molecule has 5 heteroatoms. The number of nitrogens with zero attached hydrogens (tertiary/aromatic N) is 2. The van der Waals surface area contributed by atoms with Gasteiger partial charge in [-0.05, 0) is 28.1 Å². The number of para-hydroxylation sites is 1. The predicted octanol–water partition coefficient (Wildman–Crippen LogP) is 2.67. The van der Waals surface area contributed by atoms with Crippen molar-refractivity contribution >= 4 is 5.82 Å². The molecule has 2 rings (SSSR count). The third kappa shape index (κ3) is 2.08. The molecule has 0 unspecified atom stereocenters. The van der Waals surface area contributed by atoms with Crippen molar-refractivity contribution in [2.75, 3.05) is 0 Å². The fraction of sp³-hybridized carbons (Fsp3) is 0.0833. The van der Waals surface area contributed by atoms with Crippen LogP contribution in [0.3, 0.4) is 0 Å². The van der Waals surface area contributed by atoms with E-state index in [9.17, 15) is 15.2 Å². The molecule has 17 heavy (non-hydrogen) atoms. The maximum atomic E-state index is 10.9. The molecule has 0 aliphatic rings. The van der Waals surface area contributed by atoms with Crippen molar-refractivity contribution in [3.8, 4) is 16.9 Å². The van der Waals surface area contributed by atoms with E-state index in [4.69, 9.17) is 0 Å². The Labute approximate surface area is 97.5 Å². The van der Waals surface area contributed by atoms with Gasteiger partial charge in [-0.25, -0.2) is 0 Å². The van der Waals surface area contributed by atoms with Crippen LogP contribution in [0.15, 0.2) is 36.4 Å². The van der Waals surface area contributed by atoms with Gasteiger partial charge >= 0.3 is 5.82 Å². The minimum absolute atomic E-state index is 0.00116. The van der Waals surface area contributed by atoms with Gasteiger partial charge in [0.15, 0.2) is 0 Å². The van der Waals surface area contributed by atoms with E-state index in [1.807, 2.05) is 0 Å². The van der Waals surface area contributed by atoms with E-state index >= 15 is 0 Å². The maximum Gasteiger partial charge on any atom is 0.371 e. The highest BCUT2D eigenvalue weighted by Gasteiger charge is 2.19. The molecule has 1 aromatic carbocycles. The van der Waals surface area contributed by atoms with Crippen LogP contribution in [0.1, 0.15) is 5.69 Å². The van der Waals surface area contributed by atoms with Crippen molar-refractivity contribution < 1.29 is 10.0 Å². The minimum Gasteiger partial charge on any atom is -0.507 e. The molecule has 0 amide bonds. The van der Waals surface area contributed by atoms with E-state index in [0.29, 0.717) is 16.8 Å². The molecule has 1 heterocycles. The molecule has 0 saturated carbocycles. The zero-order valence-electron chi connectivity index (χ0n) is 9.12. The molecule has 0 spiro atoms. The van der Waals surface area contributed by atoms with Gasteiger partial charge in [-0.3, -0.25) is 0 Å². The lowest BCUT2D eigenvalue weighted by Gasteiger charge is -2.05. The van der Waals surface area contributed by atoms with Crippen molar-refractivity contribution in [2.45, 2.75) is 6.92 Å². The molecule has 0 bridgehead atoms. The Morgan fingerprint density at radius 1 is 1.18 bits per heavy atom. The summed E-state index contributed by atoms with van der Waals surface area (Å²) in [5, 5.41) is 20.6. The number of rotatable bonds is 2. The zero-order chi connectivity index (χ0) is 12.4. The van der Waals surface area contributed by atoms with Crippen LogP contribution in [0.2, 0.25) is 0 Å². The van der Waals surface area contributed by atoms with Gasteiger partial charge in [0.1, 0.15) is 11.4 Å². The van der Waals surface area contributed by atoms with Gasteiger partial charge in [-0.2, -0.15) is 0 Å². The van der Waals surface area contributed by atoms with E-state index in [0.717, 1.165) is 0 Å². The molecule has 0 fully saturated rings. The summed E-state index contributed by atoms with van der Waals surface area (Å²) in [5.74, 6) is -0.243. The maximum absolute atomic E-state index is 10.9. The normalized spacial score (nSPS) is 10.2. The molecular formula is C12H10N2O3. The first-order valence-corrected chi connectivity index (χ1v) is 5.00. The van der Waals surface area contributed by atoms with Crippen LogP contribution in [0, 0.1) is 17.0 Å². The number of hydrogen-bond donors (Lipinski definition) is 1. The van der Waals surface area contributed by atoms with Gasteiger partial charge in [0.05, 0.1) is 5.56 Å². The van der Waals surface area contributed by atoms with Crippen molar-refractivity contribution in [1.82, 2.24) is 4.98 Å². The largest absolute Gasteiger partial charge is 0.507 e. The lowest BCUT2D eigenvalue weighted by molar-refractivity contribution is -0.388. The number of nitro groups is 1. The van der Waals surface area contributed by atoms with E-state index in [2.05, 4.69) is 4.98 Å². The summed E-state index contributed by atoms with van der Waals surface area (Å²) < 4.78 is 0. The molecular weight excluding hydrogens is 220 g/mol. The number of benzene rings is 1. The summed E-state index contributed by atoms with van der Waals surface area (Å²) in [6.07, 6.45) is 0. The molecule has 1 aromatic heterocycles. The Kier molecular flexibility index (Phi) is 2.74. The average molecular weight is 230 g/mol. The summed E-state index contributed by atoms with van der Waals surface area (Å²) in [5.41, 5.74) is 1.29. The molecule has 0 atom stereocenters. The SMILES string of the molecule is Cc1ccc(-c2ccccc2O)c([N+](=O)[O-])n1. The van der Waals surface area contributed by atoms with Gasteiger partial charge in [-0.15, -0.1) is 0 Å². The van der Waals surface area contributed by atoms with Gasteiger partial charge in [0.25, 0.3) is 0 Å². The van der Waals surface area contributed by atoms with Crippen molar-refractivity contribution in [1.29, 1.82) is 0 Å². The first-order valence-electron chi connectivity index (χ1n) is 5.00. The van der Waals surface area contributed by atoms with Gasteiger partial charge in [0, 0.05) is 12.5 Å². The van der Waals surface area contributed by atoms with E-state index in [1.54, 1.807) is 37.3 Å². The third-order valence-corrected chi connectivity index (χ3v) is 2.38. The molecule has 0 radical (unpaired) electrons. The molecule has 0 aliphatic carbocycles. The number of phenolic OH excluding ortho intramolecular Hbond substituents is 1. The molecule has 1 N–H and O–H groups in total. The van der Waals surface area contributed by atoms with E-state index in [1.165, 1.54) is 6.07 Å². The Hall–Kier alpha value is -2.43. The molecule has 5 nitrogen and oxygen atoms in total. The lowest BCUT2D eigenvalue weighted by Crippen LogP contribution is -1.97. The Bertz CT molecular complexity index is 582. The first-order chi connectivity index (χ1) is 8.09. The lowest BCUT2D eigenvalue weighted by atomic mass is 10.1. The van der Waals surface area contributed by atoms with Crippen LogP contribution in [0.4, 0.5) is 5.82 Å². The first kappa shape index (κ1) is 11.1. The summed E-state index contributed by atoms with van der Waals surface area (Å²) in [6, 6.07) is 9.74. The van der Waals surface area contributed by atoms with Gasteiger partial charge in [0.2, 0.25) is 0 Å². The van der Waals surface area contributed by atoms with Gasteiger partial charge < -0.3 is 15.2 Å². The zero-order valence-corrected chi connectivity index (χ0v) is 9.12. The second kappa shape index (κ2) is 4.21. The number of aromatic hydroxyl groups is 1. The topological polar surface area (TPSA) is 76.3 Å². The highest BCUT2D eigenvalue weighted by atomic mass is 16.6. The number of aryl methyl sites for hydroxylation is 1. The average Bonchev–Trinajstić information content (AvgIpc) is 2.30. The van der Waals surface area contributed by atoms with Crippen LogP contribution in [0.5, 0.6) is 5.75 Å². The van der Waals surface area contributed by atoms with E-state index in [-0.39, 0.29) is 11.6 Å². The number of hydrogen-bond acceptors (Lipinski definition) is 4. The molecule has 0 saturated heterocycles. The quantitative estimate of drug-likeness (QED) is 0.635. The van der Waals surface area contributed by atoms with E-state index < -0.39 is 4.92 Å². The Balaban J connectivity index is 2.68. The van der Waals surface area contributed by atoms with Crippen molar-refractivity contribution in [3.63, 3.8) is 0 Å². The standard InChI is InChI=1S/C12H10N2O3/c1-8-6-7-10(12(13-8)14(16)17)9-4-2-3-5-11(9)15/h2-7,15H,1H3. The third-order valence-electron chi connectivity index (χ3n) is 2.38. The van der Waals surface area contributed by atoms with Crippen molar-refractivity contribution in [2.24, 2.45) is 0 Å². The second-order valence-corrected chi connectivity index (χ2v) is 3.60. The van der Waals surface area contributed by atoms with Crippen LogP contribution in [-0.2, 0) is 0 Å². The predicted molar refractivity (Wildman–Crippen MR) is 62.7 cm³/mol. The summed E-state index contributed by atoms with van der Waals surface area (Å²) in [7, 11) is 0. The smallest absolute Gasteiger partial charge is 0.371 e. The van der Waals surface area contributed by atoms with Crippen LogP contribution in [-0.4, -0.2) is 15.0 Å².